The van der Waals surface area contributed by atoms with Crippen LogP contribution >= 0.6 is 0 Å². The number of anilines is 1. The molecule has 1 amide bonds. The average molecular weight is 305 g/mol. The number of fused-ring (bicyclic) bond motifs is 1. The number of aromatic nitrogens is 2. The Balaban J connectivity index is 1.85. The van der Waals surface area contributed by atoms with Crippen molar-refractivity contribution in [3.8, 4) is 0 Å². The lowest BCUT2D eigenvalue weighted by molar-refractivity contribution is -0.137. The number of pyridine rings is 1. The monoisotopic (exact) mass is 305 g/mol. The Morgan fingerprint density at radius 2 is 1.95 bits per heavy atom. The largest absolute Gasteiger partial charge is 0.416 e. The van der Waals surface area contributed by atoms with Crippen LogP contribution in [0.15, 0.2) is 48.7 Å². The average Bonchev–Trinajstić information content (AvgIpc) is 2.90. The third kappa shape index (κ3) is 2.78. The molecule has 0 saturated heterocycles. The number of alkyl halides is 3. The topological polar surface area (TPSA) is 57.8 Å². The van der Waals surface area contributed by atoms with E-state index >= 15 is 0 Å². The highest BCUT2D eigenvalue weighted by molar-refractivity contribution is 6.05. The van der Waals surface area contributed by atoms with Gasteiger partial charge in [0.1, 0.15) is 5.69 Å². The molecule has 0 saturated carbocycles. The summed E-state index contributed by atoms with van der Waals surface area (Å²) in [5.41, 5.74) is 0.773. The van der Waals surface area contributed by atoms with E-state index in [0.717, 1.165) is 12.1 Å². The maximum Gasteiger partial charge on any atom is 0.416 e. The highest BCUT2D eigenvalue weighted by Gasteiger charge is 2.30. The van der Waals surface area contributed by atoms with Crippen molar-refractivity contribution in [1.82, 2.24) is 9.97 Å². The summed E-state index contributed by atoms with van der Waals surface area (Å²) >= 11 is 0. The van der Waals surface area contributed by atoms with Crippen LogP contribution in [0.1, 0.15) is 16.1 Å². The van der Waals surface area contributed by atoms with Gasteiger partial charge in [-0.2, -0.15) is 13.2 Å². The second-order valence-electron chi connectivity index (χ2n) is 4.65. The molecule has 0 radical (unpaired) electrons. The third-order valence-electron chi connectivity index (χ3n) is 3.08. The molecule has 0 atom stereocenters. The number of aromatic amines is 1. The van der Waals surface area contributed by atoms with E-state index in [9.17, 15) is 18.0 Å². The number of halogens is 3. The summed E-state index contributed by atoms with van der Waals surface area (Å²) < 4.78 is 37.9. The number of nitrogens with zero attached hydrogens (tertiary/aromatic N) is 1. The van der Waals surface area contributed by atoms with Gasteiger partial charge in [-0.05, 0) is 36.4 Å². The Hall–Kier alpha value is -2.83. The van der Waals surface area contributed by atoms with Crippen molar-refractivity contribution >= 4 is 22.6 Å². The predicted molar refractivity (Wildman–Crippen MR) is 75.5 cm³/mol. The van der Waals surface area contributed by atoms with Gasteiger partial charge in [-0.1, -0.05) is 6.07 Å². The van der Waals surface area contributed by atoms with Crippen molar-refractivity contribution in [2.75, 3.05) is 5.32 Å². The fourth-order valence-corrected chi connectivity index (χ4v) is 2.05. The number of benzene rings is 1. The Kier molecular flexibility index (Phi) is 3.32. The molecule has 7 heteroatoms. The summed E-state index contributed by atoms with van der Waals surface area (Å²) in [6, 6.07) is 9.48. The van der Waals surface area contributed by atoms with Gasteiger partial charge in [0.25, 0.3) is 5.91 Å². The highest BCUT2D eigenvalue weighted by Crippen LogP contribution is 2.30. The third-order valence-corrected chi connectivity index (χ3v) is 3.08. The minimum atomic E-state index is -4.45. The smallest absolute Gasteiger partial charge is 0.349 e. The Labute approximate surface area is 123 Å². The van der Waals surface area contributed by atoms with Gasteiger partial charge in [0.15, 0.2) is 0 Å². The molecule has 1 aromatic carbocycles. The van der Waals surface area contributed by atoms with Crippen molar-refractivity contribution in [3.05, 3.63) is 59.9 Å². The maximum absolute atomic E-state index is 12.6. The summed E-state index contributed by atoms with van der Waals surface area (Å²) in [5, 5.41) is 2.43. The van der Waals surface area contributed by atoms with Crippen molar-refractivity contribution in [2.24, 2.45) is 0 Å². The summed E-state index contributed by atoms with van der Waals surface area (Å²) in [4.78, 5) is 19.0. The molecule has 3 aromatic rings. The van der Waals surface area contributed by atoms with E-state index in [2.05, 4.69) is 15.3 Å². The van der Waals surface area contributed by atoms with Crippen LogP contribution in [0.3, 0.4) is 0 Å². The number of rotatable bonds is 2. The molecule has 2 heterocycles. The molecule has 2 N–H and O–H groups in total. The lowest BCUT2D eigenvalue weighted by Crippen LogP contribution is -2.13. The van der Waals surface area contributed by atoms with Gasteiger partial charge in [-0.25, -0.2) is 0 Å². The van der Waals surface area contributed by atoms with Crippen molar-refractivity contribution in [3.63, 3.8) is 0 Å². The molecule has 0 unspecified atom stereocenters. The normalized spacial score (nSPS) is 11.6. The van der Waals surface area contributed by atoms with Crippen LogP contribution in [0.25, 0.3) is 11.0 Å². The van der Waals surface area contributed by atoms with E-state index in [1.807, 2.05) is 0 Å². The molecule has 112 valence electrons. The molecule has 3 rings (SSSR count). The van der Waals surface area contributed by atoms with Gasteiger partial charge >= 0.3 is 6.18 Å². The molecule has 22 heavy (non-hydrogen) atoms. The second kappa shape index (κ2) is 5.18. The second-order valence-corrected chi connectivity index (χ2v) is 4.65. The van der Waals surface area contributed by atoms with Crippen molar-refractivity contribution in [2.45, 2.75) is 6.18 Å². The molecule has 0 aliphatic heterocycles. The zero-order chi connectivity index (χ0) is 15.7. The number of nitrogens with one attached hydrogen (secondary N) is 2. The lowest BCUT2D eigenvalue weighted by atomic mass is 10.2. The summed E-state index contributed by atoms with van der Waals surface area (Å²) in [5.74, 6) is -0.530. The first-order chi connectivity index (χ1) is 10.4. The molecule has 4 nitrogen and oxygen atoms in total. The van der Waals surface area contributed by atoms with Gasteiger partial charge in [0, 0.05) is 11.9 Å². The van der Waals surface area contributed by atoms with Crippen molar-refractivity contribution < 1.29 is 18.0 Å². The zero-order valence-electron chi connectivity index (χ0n) is 11.1. The van der Waals surface area contributed by atoms with E-state index in [4.69, 9.17) is 0 Å². The molecule has 0 aliphatic carbocycles. The highest BCUT2D eigenvalue weighted by atomic mass is 19.4. The van der Waals surface area contributed by atoms with Crippen LogP contribution in [0.2, 0.25) is 0 Å². The number of carbonyl (C=O) groups is 1. The van der Waals surface area contributed by atoms with Crippen LogP contribution in [-0.2, 0) is 6.18 Å². The molecular formula is C15H10F3N3O. The molecule has 2 aromatic heterocycles. The van der Waals surface area contributed by atoms with E-state index in [0.29, 0.717) is 11.0 Å². The SMILES string of the molecule is O=C(Nc1cccc(C(F)(F)F)c1)c1cc2ncccc2[nH]1. The van der Waals surface area contributed by atoms with E-state index < -0.39 is 17.6 Å². The molecule has 0 aliphatic rings. The van der Waals surface area contributed by atoms with E-state index in [1.54, 1.807) is 18.3 Å². The number of carbonyl (C=O) groups excluding carboxylic acids is 1. The van der Waals surface area contributed by atoms with Gasteiger partial charge in [-0.15, -0.1) is 0 Å². The maximum atomic E-state index is 12.6. The molecule has 0 fully saturated rings. The van der Waals surface area contributed by atoms with Crippen LogP contribution in [0.4, 0.5) is 18.9 Å². The zero-order valence-corrected chi connectivity index (χ0v) is 11.1. The van der Waals surface area contributed by atoms with Gasteiger partial charge in [-0.3, -0.25) is 9.78 Å². The number of hydrogen-bond donors (Lipinski definition) is 2. The first kappa shape index (κ1) is 14.1. The minimum absolute atomic E-state index is 0.0754. The summed E-state index contributed by atoms with van der Waals surface area (Å²) in [7, 11) is 0. The first-order valence-corrected chi connectivity index (χ1v) is 6.36. The quantitative estimate of drug-likeness (QED) is 0.756. The fraction of sp³-hybridized carbons (Fsp3) is 0.0667. The Bertz CT molecular complexity index is 806. The first-order valence-electron chi connectivity index (χ1n) is 6.36. The minimum Gasteiger partial charge on any atom is -0.349 e. The van der Waals surface area contributed by atoms with Crippen molar-refractivity contribution in [1.29, 1.82) is 0 Å². The van der Waals surface area contributed by atoms with Crippen LogP contribution in [-0.4, -0.2) is 15.9 Å². The Morgan fingerprint density at radius 3 is 2.68 bits per heavy atom. The van der Waals surface area contributed by atoms with Crippen LogP contribution in [0.5, 0.6) is 0 Å². The fourth-order valence-electron chi connectivity index (χ4n) is 2.05. The van der Waals surface area contributed by atoms with Gasteiger partial charge in [0.05, 0.1) is 16.6 Å². The standard InChI is InChI=1S/C15H10F3N3O/c16-15(17,18)9-3-1-4-10(7-9)20-14(22)13-8-12-11(21-13)5-2-6-19-12/h1-8,21H,(H,20,22). The summed E-state index contributed by atoms with van der Waals surface area (Å²) in [6.45, 7) is 0. The molecule has 0 spiro atoms. The predicted octanol–water partition coefficient (Wildman–Crippen LogP) is 3.83. The molecular weight excluding hydrogens is 295 g/mol. The number of hydrogen-bond acceptors (Lipinski definition) is 2. The number of amides is 1. The number of H-pyrrole nitrogens is 1. The van der Waals surface area contributed by atoms with E-state index in [-0.39, 0.29) is 11.4 Å². The Morgan fingerprint density at radius 1 is 1.14 bits per heavy atom. The van der Waals surface area contributed by atoms with Crippen LogP contribution in [0, 0.1) is 0 Å². The van der Waals surface area contributed by atoms with E-state index in [1.165, 1.54) is 18.2 Å². The summed E-state index contributed by atoms with van der Waals surface area (Å²) in [6.07, 6.45) is -2.86. The lowest BCUT2D eigenvalue weighted by Gasteiger charge is -2.09. The van der Waals surface area contributed by atoms with Gasteiger partial charge in [0.2, 0.25) is 0 Å². The van der Waals surface area contributed by atoms with Gasteiger partial charge < -0.3 is 10.3 Å². The molecule has 0 bridgehead atoms. The van der Waals surface area contributed by atoms with Crippen LogP contribution < -0.4 is 5.32 Å².